The van der Waals surface area contributed by atoms with Gasteiger partial charge in [-0.3, -0.25) is 4.90 Å². The van der Waals surface area contributed by atoms with E-state index in [9.17, 15) is 31.1 Å². The Morgan fingerprint density at radius 3 is 2.20 bits per heavy atom. The van der Waals surface area contributed by atoms with Crippen molar-refractivity contribution in [2.45, 2.75) is 38.2 Å². The van der Waals surface area contributed by atoms with Crippen LogP contribution in [-0.4, -0.2) is 39.2 Å². The maximum atomic E-state index is 13.2. The van der Waals surface area contributed by atoms with E-state index in [1.165, 1.54) is 36.4 Å². The standard InChI is InChI=1S/C22H19F6N5O2/c23-21(24,25)16-5-4-6-17(29-16)33(20(34)32-11-2-1-3-12-32)13-14-7-9-15(10-8-14)18-30-31-19(35-18)22(26,27)28/h4-10H,1-3,11-13H2. The Balaban J connectivity index is 1.61. The lowest BCUT2D eigenvalue weighted by atomic mass is 10.1. The number of nitrogens with zero attached hydrogens (tertiary/aromatic N) is 5. The topological polar surface area (TPSA) is 75.4 Å². The fraction of sp³-hybridized carbons (Fsp3) is 0.364. The van der Waals surface area contributed by atoms with E-state index in [1.807, 2.05) is 0 Å². The van der Waals surface area contributed by atoms with Crippen molar-refractivity contribution in [1.29, 1.82) is 0 Å². The fourth-order valence-electron chi connectivity index (χ4n) is 3.62. The van der Waals surface area contributed by atoms with Gasteiger partial charge in [-0.2, -0.15) is 26.3 Å². The molecule has 0 atom stereocenters. The molecule has 2 amide bonds. The molecule has 1 aliphatic rings. The summed E-state index contributed by atoms with van der Waals surface area (Å²) in [6, 6.07) is 8.71. The highest BCUT2D eigenvalue weighted by atomic mass is 19.4. The van der Waals surface area contributed by atoms with Crippen LogP contribution in [0.4, 0.5) is 37.0 Å². The van der Waals surface area contributed by atoms with Crippen molar-refractivity contribution in [3.05, 3.63) is 59.6 Å². The third-order valence-electron chi connectivity index (χ3n) is 5.37. The smallest absolute Gasteiger partial charge is 0.413 e. The van der Waals surface area contributed by atoms with E-state index in [4.69, 9.17) is 0 Å². The van der Waals surface area contributed by atoms with Gasteiger partial charge in [0.15, 0.2) is 0 Å². The van der Waals surface area contributed by atoms with E-state index in [-0.39, 0.29) is 23.8 Å². The summed E-state index contributed by atoms with van der Waals surface area (Å²) in [5, 5.41) is 6.37. The molecular formula is C22H19F6N5O2. The molecule has 0 radical (unpaired) electrons. The molecule has 0 bridgehead atoms. The van der Waals surface area contributed by atoms with E-state index >= 15 is 0 Å². The van der Waals surface area contributed by atoms with Gasteiger partial charge in [0.1, 0.15) is 11.5 Å². The minimum Gasteiger partial charge on any atom is -0.413 e. The van der Waals surface area contributed by atoms with Gasteiger partial charge < -0.3 is 9.32 Å². The number of rotatable bonds is 4. The van der Waals surface area contributed by atoms with Gasteiger partial charge in [-0.1, -0.05) is 18.2 Å². The number of piperidine rings is 1. The van der Waals surface area contributed by atoms with Crippen LogP contribution in [0.1, 0.15) is 36.4 Å². The van der Waals surface area contributed by atoms with Crippen LogP contribution in [0.25, 0.3) is 11.5 Å². The third kappa shape index (κ3) is 5.72. The Morgan fingerprint density at radius 2 is 1.60 bits per heavy atom. The van der Waals surface area contributed by atoms with Gasteiger partial charge in [-0.15, -0.1) is 10.2 Å². The van der Waals surface area contributed by atoms with Gasteiger partial charge in [0.2, 0.25) is 5.89 Å². The zero-order valence-corrected chi connectivity index (χ0v) is 18.1. The van der Waals surface area contributed by atoms with Crippen LogP contribution < -0.4 is 4.90 Å². The van der Waals surface area contributed by atoms with E-state index in [0.29, 0.717) is 18.7 Å². The minimum atomic E-state index is -4.78. The highest BCUT2D eigenvalue weighted by Crippen LogP contribution is 2.31. The second-order valence-corrected chi connectivity index (χ2v) is 7.90. The summed E-state index contributed by atoms with van der Waals surface area (Å²) in [5.41, 5.74) is -0.407. The molecule has 0 spiro atoms. The number of anilines is 1. The highest BCUT2D eigenvalue weighted by Gasteiger charge is 2.38. The molecule has 186 valence electrons. The Morgan fingerprint density at radius 1 is 0.914 bits per heavy atom. The van der Waals surface area contributed by atoms with Crippen molar-refractivity contribution in [3.63, 3.8) is 0 Å². The van der Waals surface area contributed by atoms with Crippen LogP contribution in [0.3, 0.4) is 0 Å². The molecule has 1 aliphatic heterocycles. The lowest BCUT2D eigenvalue weighted by molar-refractivity contribution is -0.157. The largest absolute Gasteiger partial charge is 0.470 e. The second kappa shape index (κ2) is 9.55. The van der Waals surface area contributed by atoms with Gasteiger partial charge in [0.25, 0.3) is 0 Å². The lowest BCUT2D eigenvalue weighted by Crippen LogP contribution is -2.45. The monoisotopic (exact) mass is 499 g/mol. The Kier molecular flexibility index (Phi) is 6.68. The zero-order chi connectivity index (χ0) is 25.2. The van der Waals surface area contributed by atoms with Crippen molar-refractivity contribution >= 4 is 11.8 Å². The maximum absolute atomic E-state index is 13.2. The number of halogens is 6. The summed E-state index contributed by atoms with van der Waals surface area (Å²) < 4.78 is 82.4. The molecule has 1 saturated heterocycles. The van der Waals surface area contributed by atoms with Gasteiger partial charge >= 0.3 is 24.3 Å². The number of carbonyl (C=O) groups is 1. The summed E-state index contributed by atoms with van der Waals surface area (Å²) in [5.74, 6) is -1.98. The van der Waals surface area contributed by atoms with E-state index < -0.39 is 30.0 Å². The number of amides is 2. The summed E-state index contributed by atoms with van der Waals surface area (Å²) >= 11 is 0. The molecule has 2 aromatic heterocycles. The number of pyridine rings is 1. The van der Waals surface area contributed by atoms with Crippen molar-refractivity contribution in [2.24, 2.45) is 0 Å². The number of hydrogen-bond acceptors (Lipinski definition) is 5. The van der Waals surface area contributed by atoms with Crippen molar-refractivity contribution in [1.82, 2.24) is 20.1 Å². The number of urea groups is 1. The molecule has 0 N–H and O–H groups in total. The van der Waals surface area contributed by atoms with Crippen LogP contribution in [-0.2, 0) is 18.9 Å². The predicted molar refractivity (Wildman–Crippen MR) is 111 cm³/mol. The Hall–Kier alpha value is -3.64. The average molecular weight is 499 g/mol. The van der Waals surface area contributed by atoms with Gasteiger partial charge in [-0.05, 0) is 49.1 Å². The highest BCUT2D eigenvalue weighted by molar-refractivity contribution is 5.91. The lowest BCUT2D eigenvalue weighted by Gasteiger charge is -2.32. The van der Waals surface area contributed by atoms with Crippen LogP contribution in [0, 0.1) is 0 Å². The van der Waals surface area contributed by atoms with Crippen LogP contribution in [0.15, 0.2) is 46.9 Å². The number of alkyl halides is 6. The summed E-state index contributed by atoms with van der Waals surface area (Å²) in [4.78, 5) is 19.6. The normalized spacial score (nSPS) is 14.7. The second-order valence-electron chi connectivity index (χ2n) is 7.90. The SMILES string of the molecule is O=C(N1CCCCC1)N(Cc1ccc(-c2nnc(C(F)(F)F)o2)cc1)c1cccc(C(F)(F)F)n1. The quantitative estimate of drug-likeness (QED) is 0.426. The van der Waals surface area contributed by atoms with Crippen molar-refractivity contribution in [3.8, 4) is 11.5 Å². The number of benzene rings is 1. The maximum Gasteiger partial charge on any atom is 0.470 e. The first-order valence-corrected chi connectivity index (χ1v) is 10.6. The number of hydrogen-bond donors (Lipinski definition) is 0. The number of carbonyl (C=O) groups excluding carboxylic acids is 1. The third-order valence-corrected chi connectivity index (χ3v) is 5.37. The molecule has 0 unspecified atom stereocenters. The van der Waals surface area contributed by atoms with Crippen molar-refractivity contribution in [2.75, 3.05) is 18.0 Å². The van der Waals surface area contributed by atoms with Gasteiger partial charge in [0, 0.05) is 18.7 Å². The van der Waals surface area contributed by atoms with E-state index in [1.54, 1.807) is 4.90 Å². The molecule has 1 aromatic carbocycles. The molecule has 1 fully saturated rings. The molecule has 7 nitrogen and oxygen atoms in total. The number of likely N-dealkylation sites (tertiary alicyclic amines) is 1. The van der Waals surface area contributed by atoms with Gasteiger partial charge in [0.05, 0.1) is 6.54 Å². The van der Waals surface area contributed by atoms with Gasteiger partial charge in [-0.25, -0.2) is 9.78 Å². The summed E-state index contributed by atoms with van der Waals surface area (Å²) in [7, 11) is 0. The van der Waals surface area contributed by atoms with Crippen LogP contribution >= 0.6 is 0 Å². The molecule has 3 aromatic rings. The molecule has 0 saturated carbocycles. The summed E-state index contributed by atoms with van der Waals surface area (Å²) in [6.45, 7) is 0.847. The Labute approximate surface area is 195 Å². The first-order valence-electron chi connectivity index (χ1n) is 10.6. The number of aromatic nitrogens is 3. The molecule has 35 heavy (non-hydrogen) atoms. The molecule has 3 heterocycles. The zero-order valence-electron chi connectivity index (χ0n) is 18.1. The molecule has 0 aliphatic carbocycles. The van der Waals surface area contributed by atoms with E-state index in [0.717, 1.165) is 30.2 Å². The Bertz CT molecular complexity index is 1170. The molecule has 13 heteroatoms. The molecule has 4 rings (SSSR count). The van der Waals surface area contributed by atoms with Crippen molar-refractivity contribution < 1.29 is 35.6 Å². The first-order chi connectivity index (χ1) is 16.5. The van der Waals surface area contributed by atoms with Crippen LogP contribution in [0.5, 0.6) is 0 Å². The minimum absolute atomic E-state index is 0.110. The summed E-state index contributed by atoms with van der Waals surface area (Å²) in [6.07, 6.45) is -6.93. The predicted octanol–water partition coefficient (Wildman–Crippen LogP) is 5.78. The average Bonchev–Trinajstić information content (AvgIpc) is 3.34. The fourth-order valence-corrected chi connectivity index (χ4v) is 3.62. The molecular weight excluding hydrogens is 480 g/mol. The van der Waals surface area contributed by atoms with Crippen LogP contribution in [0.2, 0.25) is 0 Å². The first kappa shape index (κ1) is 24.5. The van der Waals surface area contributed by atoms with E-state index in [2.05, 4.69) is 19.6 Å².